The summed E-state index contributed by atoms with van der Waals surface area (Å²) in [5.41, 5.74) is 3.11. The summed E-state index contributed by atoms with van der Waals surface area (Å²) in [6.07, 6.45) is 6.36. The lowest BCUT2D eigenvalue weighted by Crippen LogP contribution is -2.08. The second-order valence-corrected chi connectivity index (χ2v) is 8.41. The van der Waals surface area contributed by atoms with Gasteiger partial charge in [0.15, 0.2) is 0 Å². The van der Waals surface area contributed by atoms with Gasteiger partial charge in [-0.15, -0.1) is 0 Å². The Morgan fingerprint density at radius 3 is 2.25 bits per heavy atom. The number of aryl methyl sites for hydroxylation is 2. The number of aromatic nitrogens is 1. The maximum absolute atomic E-state index is 12.8. The molecule has 0 spiro atoms. The van der Waals surface area contributed by atoms with Crippen LogP contribution in [0, 0.1) is 13.8 Å². The quantitative estimate of drug-likeness (QED) is 0.661. The van der Waals surface area contributed by atoms with E-state index in [2.05, 4.69) is 10.3 Å². The van der Waals surface area contributed by atoms with Crippen LogP contribution in [0.5, 0.6) is 0 Å². The number of carbonyl (C=O) groups excluding carboxylic acids is 1. The van der Waals surface area contributed by atoms with Gasteiger partial charge in [-0.3, -0.25) is 9.78 Å². The standard InChI is InChI=1S/C22H20N2O3S/c1-16-12-17(2)14-21(13-16)28(26,27)20-8-6-19(7-9-20)24-22(25)10-5-18-4-3-11-23-15-18/h3-15H,1-2H3,(H,24,25)/b10-5+. The third-order valence-corrected chi connectivity index (χ3v) is 5.80. The molecule has 28 heavy (non-hydrogen) atoms. The van der Waals surface area contributed by atoms with Crippen molar-refractivity contribution >= 4 is 27.5 Å². The number of amides is 1. The number of hydrogen-bond acceptors (Lipinski definition) is 4. The van der Waals surface area contributed by atoms with Crippen LogP contribution in [0.25, 0.3) is 6.08 Å². The Hall–Kier alpha value is -3.25. The highest BCUT2D eigenvalue weighted by Gasteiger charge is 2.18. The van der Waals surface area contributed by atoms with E-state index in [-0.39, 0.29) is 15.7 Å². The molecule has 0 saturated carbocycles. The van der Waals surface area contributed by atoms with Gasteiger partial charge >= 0.3 is 0 Å². The molecule has 1 N–H and O–H groups in total. The van der Waals surface area contributed by atoms with Crippen LogP contribution < -0.4 is 5.32 Å². The fourth-order valence-corrected chi connectivity index (χ4v) is 4.22. The Bertz CT molecular complexity index is 1100. The van der Waals surface area contributed by atoms with Crippen molar-refractivity contribution in [3.63, 3.8) is 0 Å². The highest BCUT2D eigenvalue weighted by molar-refractivity contribution is 7.91. The molecule has 2 aromatic carbocycles. The lowest BCUT2D eigenvalue weighted by molar-refractivity contribution is -0.111. The lowest BCUT2D eigenvalue weighted by atomic mass is 10.2. The topological polar surface area (TPSA) is 76.1 Å². The molecule has 0 aliphatic heterocycles. The van der Waals surface area contributed by atoms with Crippen molar-refractivity contribution in [2.75, 3.05) is 5.32 Å². The van der Waals surface area contributed by atoms with E-state index in [0.29, 0.717) is 5.69 Å². The normalized spacial score (nSPS) is 11.5. The second kappa shape index (κ2) is 8.19. The summed E-state index contributed by atoms with van der Waals surface area (Å²) >= 11 is 0. The van der Waals surface area contributed by atoms with E-state index in [1.165, 1.54) is 18.2 Å². The summed E-state index contributed by atoms with van der Waals surface area (Å²) in [6, 6.07) is 15.0. The molecule has 0 bridgehead atoms. The smallest absolute Gasteiger partial charge is 0.248 e. The number of hydrogen-bond donors (Lipinski definition) is 1. The molecule has 1 heterocycles. The summed E-state index contributed by atoms with van der Waals surface area (Å²) < 4.78 is 25.7. The first-order chi connectivity index (χ1) is 13.3. The molecule has 142 valence electrons. The van der Waals surface area contributed by atoms with Crippen LogP contribution in [0.2, 0.25) is 0 Å². The largest absolute Gasteiger partial charge is 0.323 e. The summed E-state index contributed by atoms with van der Waals surface area (Å²) in [7, 11) is -3.61. The number of rotatable bonds is 5. The maximum Gasteiger partial charge on any atom is 0.248 e. The van der Waals surface area contributed by atoms with Gasteiger partial charge in [0.25, 0.3) is 0 Å². The molecule has 0 atom stereocenters. The van der Waals surface area contributed by atoms with Gasteiger partial charge in [0.2, 0.25) is 15.7 Å². The molecule has 5 nitrogen and oxygen atoms in total. The molecule has 0 aliphatic rings. The molecule has 3 rings (SSSR count). The van der Waals surface area contributed by atoms with E-state index in [0.717, 1.165) is 16.7 Å². The average molecular weight is 392 g/mol. The van der Waals surface area contributed by atoms with Crippen LogP contribution in [-0.2, 0) is 14.6 Å². The zero-order valence-corrected chi connectivity index (χ0v) is 16.4. The number of pyridine rings is 1. The molecular formula is C22H20N2O3S. The Balaban J connectivity index is 1.74. The molecule has 6 heteroatoms. The lowest BCUT2D eigenvalue weighted by Gasteiger charge is -2.08. The first kappa shape index (κ1) is 19.5. The van der Waals surface area contributed by atoms with Gasteiger partial charge in [0.1, 0.15) is 0 Å². The Kier molecular flexibility index (Phi) is 5.70. The van der Waals surface area contributed by atoms with Gasteiger partial charge in [-0.05, 0) is 79.1 Å². The van der Waals surface area contributed by atoms with Crippen LogP contribution in [0.4, 0.5) is 5.69 Å². The van der Waals surface area contributed by atoms with Crippen molar-refractivity contribution in [1.82, 2.24) is 4.98 Å². The minimum atomic E-state index is -3.61. The van der Waals surface area contributed by atoms with Gasteiger partial charge in [-0.25, -0.2) is 8.42 Å². The van der Waals surface area contributed by atoms with E-state index in [9.17, 15) is 13.2 Å². The van der Waals surface area contributed by atoms with E-state index < -0.39 is 9.84 Å². The monoisotopic (exact) mass is 392 g/mol. The molecule has 3 aromatic rings. The molecule has 1 amide bonds. The van der Waals surface area contributed by atoms with Gasteiger partial charge in [-0.1, -0.05) is 12.1 Å². The first-order valence-electron chi connectivity index (χ1n) is 8.67. The molecule has 0 aliphatic carbocycles. The zero-order chi connectivity index (χ0) is 20.1. The number of benzene rings is 2. The number of carbonyl (C=O) groups is 1. The number of nitrogens with one attached hydrogen (secondary N) is 1. The Labute approximate surface area is 164 Å². The molecule has 0 radical (unpaired) electrons. The van der Waals surface area contributed by atoms with Gasteiger partial charge in [-0.2, -0.15) is 0 Å². The minimum Gasteiger partial charge on any atom is -0.323 e. The van der Waals surface area contributed by atoms with Crippen LogP contribution >= 0.6 is 0 Å². The van der Waals surface area contributed by atoms with E-state index in [1.54, 1.807) is 48.8 Å². The summed E-state index contributed by atoms with van der Waals surface area (Å²) in [4.78, 5) is 16.4. The van der Waals surface area contributed by atoms with Crippen LogP contribution in [0.15, 0.2) is 82.9 Å². The van der Waals surface area contributed by atoms with Crippen molar-refractivity contribution in [3.05, 3.63) is 89.8 Å². The third-order valence-electron chi connectivity index (χ3n) is 4.05. The van der Waals surface area contributed by atoms with E-state index >= 15 is 0 Å². The zero-order valence-electron chi connectivity index (χ0n) is 15.6. The highest BCUT2D eigenvalue weighted by atomic mass is 32.2. The number of sulfone groups is 1. The predicted molar refractivity (Wildman–Crippen MR) is 110 cm³/mol. The first-order valence-corrected chi connectivity index (χ1v) is 10.2. The van der Waals surface area contributed by atoms with Crippen molar-refractivity contribution in [2.45, 2.75) is 23.6 Å². The summed E-state index contributed by atoms with van der Waals surface area (Å²) in [6.45, 7) is 3.73. The predicted octanol–water partition coefficient (Wildman–Crippen LogP) is 4.18. The third kappa shape index (κ3) is 4.72. The number of nitrogens with zero attached hydrogens (tertiary/aromatic N) is 1. The summed E-state index contributed by atoms with van der Waals surface area (Å²) in [5.74, 6) is -0.311. The van der Waals surface area contributed by atoms with Crippen LogP contribution in [-0.4, -0.2) is 19.3 Å². The van der Waals surface area contributed by atoms with Gasteiger partial charge in [0, 0.05) is 24.2 Å². The van der Waals surface area contributed by atoms with Crippen LogP contribution in [0.1, 0.15) is 16.7 Å². The summed E-state index contributed by atoms with van der Waals surface area (Å²) in [5, 5.41) is 2.71. The molecule has 0 fully saturated rings. The Morgan fingerprint density at radius 1 is 0.964 bits per heavy atom. The van der Waals surface area contributed by atoms with Crippen molar-refractivity contribution < 1.29 is 13.2 Å². The van der Waals surface area contributed by atoms with Crippen molar-refractivity contribution in [3.8, 4) is 0 Å². The SMILES string of the molecule is Cc1cc(C)cc(S(=O)(=O)c2ccc(NC(=O)/C=C/c3cccnc3)cc2)c1. The average Bonchev–Trinajstić information content (AvgIpc) is 2.67. The molecule has 0 unspecified atom stereocenters. The number of anilines is 1. The fraction of sp³-hybridized carbons (Fsp3) is 0.0909. The van der Waals surface area contributed by atoms with E-state index in [1.807, 2.05) is 26.0 Å². The van der Waals surface area contributed by atoms with Gasteiger partial charge in [0.05, 0.1) is 9.79 Å². The fourth-order valence-electron chi connectivity index (χ4n) is 2.77. The maximum atomic E-state index is 12.8. The van der Waals surface area contributed by atoms with Crippen molar-refractivity contribution in [1.29, 1.82) is 0 Å². The molecule has 1 aromatic heterocycles. The Morgan fingerprint density at radius 2 is 1.64 bits per heavy atom. The van der Waals surface area contributed by atoms with Crippen LogP contribution in [0.3, 0.4) is 0 Å². The molecular weight excluding hydrogens is 372 g/mol. The second-order valence-electron chi connectivity index (χ2n) is 6.46. The van der Waals surface area contributed by atoms with E-state index in [4.69, 9.17) is 0 Å². The highest BCUT2D eigenvalue weighted by Crippen LogP contribution is 2.24. The minimum absolute atomic E-state index is 0.182. The molecule has 0 saturated heterocycles. The van der Waals surface area contributed by atoms with Crippen molar-refractivity contribution in [2.24, 2.45) is 0 Å². The van der Waals surface area contributed by atoms with Gasteiger partial charge < -0.3 is 5.32 Å².